The molecule has 0 heterocycles. The number of rotatable bonds is 15. The summed E-state index contributed by atoms with van der Waals surface area (Å²) >= 11 is 0. The van der Waals surface area contributed by atoms with Crippen LogP contribution >= 0.6 is 0 Å². The predicted octanol–water partition coefficient (Wildman–Crippen LogP) is -0.761. The molecule has 0 saturated heterocycles. The summed E-state index contributed by atoms with van der Waals surface area (Å²) in [6.45, 7) is 5.41. The quantitative estimate of drug-likeness (QED) is 0.195. The minimum Gasteiger partial charge on any atom is -0.329 e. The minimum atomic E-state index is -0.382. The van der Waals surface area contributed by atoms with Crippen molar-refractivity contribution in [2.24, 2.45) is 28.9 Å². The van der Waals surface area contributed by atoms with Crippen LogP contribution in [0.5, 0.6) is 0 Å². The van der Waals surface area contributed by atoms with E-state index in [-0.39, 0.29) is 16.7 Å². The van der Waals surface area contributed by atoms with Crippen LogP contribution in [0.3, 0.4) is 0 Å². The van der Waals surface area contributed by atoms with Crippen molar-refractivity contribution in [2.45, 2.75) is 18.9 Å². The second-order valence-corrected chi connectivity index (χ2v) is 6.78. The van der Waals surface area contributed by atoms with E-state index in [0.29, 0.717) is 32.1 Å². The molecule has 1 aromatic rings. The molecule has 1 rings (SSSR count). The normalized spacial score (nSPS) is 13.7. The average Bonchev–Trinajstić information content (AvgIpc) is 2.65. The molecule has 154 valence electrons. The molecule has 0 aliphatic carbocycles. The summed E-state index contributed by atoms with van der Waals surface area (Å²) in [5, 5.41) is 14.2. The fraction of sp³-hybridized carbons (Fsp3) is 0.667. The van der Waals surface area contributed by atoms with Gasteiger partial charge in [-0.1, -0.05) is 12.1 Å². The van der Waals surface area contributed by atoms with Gasteiger partial charge in [0.15, 0.2) is 0 Å². The van der Waals surface area contributed by atoms with Gasteiger partial charge in [-0.15, -0.1) is 0 Å². The summed E-state index contributed by atoms with van der Waals surface area (Å²) in [6.07, 6.45) is 1.70. The van der Waals surface area contributed by atoms with E-state index in [2.05, 4.69) is 10.2 Å². The second kappa shape index (κ2) is 13.5. The summed E-state index contributed by atoms with van der Waals surface area (Å²) in [6, 6.07) is 6.93. The standard InChI is InChI=1S/C18H35N7O2/c19-5-8-23-17(13-22)12-16(14-24(9-6-20)10-7-21)11-15-1-3-18(4-2-15)25(26)27/h1-4,16-17,23H,5-14,19-22H2. The number of nitro groups is 1. The molecule has 0 aliphatic heterocycles. The Hall–Kier alpha value is -1.62. The highest BCUT2D eigenvalue weighted by atomic mass is 16.6. The zero-order valence-electron chi connectivity index (χ0n) is 16.1. The molecule has 27 heavy (non-hydrogen) atoms. The number of hydrogen-bond acceptors (Lipinski definition) is 8. The monoisotopic (exact) mass is 381 g/mol. The maximum absolute atomic E-state index is 10.9. The molecule has 0 bridgehead atoms. The molecular formula is C18H35N7O2. The van der Waals surface area contributed by atoms with Crippen LogP contribution in [0.2, 0.25) is 0 Å². The molecular weight excluding hydrogens is 346 g/mol. The predicted molar refractivity (Wildman–Crippen MR) is 109 cm³/mol. The molecule has 0 aromatic heterocycles. The van der Waals surface area contributed by atoms with E-state index in [9.17, 15) is 10.1 Å². The van der Waals surface area contributed by atoms with Gasteiger partial charge in [0.05, 0.1) is 4.92 Å². The van der Waals surface area contributed by atoms with E-state index >= 15 is 0 Å². The highest BCUT2D eigenvalue weighted by molar-refractivity contribution is 5.33. The zero-order valence-corrected chi connectivity index (χ0v) is 16.1. The summed E-state index contributed by atoms with van der Waals surface area (Å²) in [5.74, 6) is 0.323. The molecule has 9 nitrogen and oxygen atoms in total. The topological polar surface area (TPSA) is 162 Å². The van der Waals surface area contributed by atoms with Gasteiger partial charge >= 0.3 is 0 Å². The summed E-state index contributed by atoms with van der Waals surface area (Å²) < 4.78 is 0. The van der Waals surface area contributed by atoms with Crippen LogP contribution in [0, 0.1) is 16.0 Å². The summed E-state index contributed by atoms with van der Waals surface area (Å²) in [5.41, 5.74) is 24.2. The van der Waals surface area contributed by atoms with Gasteiger partial charge < -0.3 is 33.2 Å². The van der Waals surface area contributed by atoms with Crippen LogP contribution in [0.15, 0.2) is 24.3 Å². The Morgan fingerprint density at radius 1 is 1.04 bits per heavy atom. The van der Waals surface area contributed by atoms with Crippen molar-refractivity contribution in [3.05, 3.63) is 39.9 Å². The first kappa shape index (κ1) is 23.4. The molecule has 0 aliphatic rings. The number of hydrogen-bond donors (Lipinski definition) is 5. The third-order valence-electron chi connectivity index (χ3n) is 4.56. The van der Waals surface area contributed by atoms with Crippen LogP contribution < -0.4 is 28.3 Å². The lowest BCUT2D eigenvalue weighted by Crippen LogP contribution is -2.43. The van der Waals surface area contributed by atoms with Gasteiger partial charge in [-0.2, -0.15) is 0 Å². The molecule has 9 N–H and O–H groups in total. The Labute approximate surface area is 161 Å². The van der Waals surface area contributed by atoms with Crippen LogP contribution in [-0.2, 0) is 6.42 Å². The van der Waals surface area contributed by atoms with Gasteiger partial charge in [0.1, 0.15) is 0 Å². The lowest BCUT2D eigenvalue weighted by Gasteiger charge is -2.29. The second-order valence-electron chi connectivity index (χ2n) is 6.78. The summed E-state index contributed by atoms with van der Waals surface area (Å²) in [7, 11) is 0. The van der Waals surface area contributed by atoms with Crippen LogP contribution in [-0.4, -0.2) is 68.2 Å². The van der Waals surface area contributed by atoms with Crippen molar-refractivity contribution in [3.8, 4) is 0 Å². The lowest BCUT2D eigenvalue weighted by atomic mass is 9.91. The Morgan fingerprint density at radius 3 is 2.15 bits per heavy atom. The maximum Gasteiger partial charge on any atom is 0.269 e. The fourth-order valence-corrected chi connectivity index (χ4v) is 3.29. The minimum absolute atomic E-state index is 0.104. The van der Waals surface area contributed by atoms with E-state index in [1.807, 2.05) is 12.1 Å². The Morgan fingerprint density at radius 2 is 1.67 bits per heavy atom. The van der Waals surface area contributed by atoms with Crippen molar-refractivity contribution in [1.29, 1.82) is 0 Å². The largest absolute Gasteiger partial charge is 0.329 e. The first-order valence-corrected chi connectivity index (χ1v) is 9.53. The number of non-ortho nitro benzene ring substituents is 1. The van der Waals surface area contributed by atoms with Gasteiger partial charge in [0.25, 0.3) is 5.69 Å². The van der Waals surface area contributed by atoms with Crippen molar-refractivity contribution >= 4 is 5.69 Å². The number of nitrogens with one attached hydrogen (secondary N) is 1. The lowest BCUT2D eigenvalue weighted by molar-refractivity contribution is -0.384. The van der Waals surface area contributed by atoms with E-state index in [1.165, 1.54) is 0 Å². The fourth-order valence-electron chi connectivity index (χ4n) is 3.29. The van der Waals surface area contributed by atoms with Crippen molar-refractivity contribution < 1.29 is 4.92 Å². The average molecular weight is 382 g/mol. The van der Waals surface area contributed by atoms with E-state index in [4.69, 9.17) is 22.9 Å². The first-order chi connectivity index (χ1) is 13.0. The third kappa shape index (κ3) is 9.23. The summed E-state index contributed by atoms with van der Waals surface area (Å²) in [4.78, 5) is 12.7. The van der Waals surface area contributed by atoms with Crippen molar-refractivity contribution in [3.63, 3.8) is 0 Å². The molecule has 0 spiro atoms. The van der Waals surface area contributed by atoms with Gasteiger partial charge in [0.2, 0.25) is 0 Å². The van der Waals surface area contributed by atoms with E-state index in [0.717, 1.165) is 44.6 Å². The van der Waals surface area contributed by atoms with Crippen LogP contribution in [0.25, 0.3) is 0 Å². The molecule has 1 aromatic carbocycles. The van der Waals surface area contributed by atoms with E-state index < -0.39 is 0 Å². The molecule has 0 fully saturated rings. The Bertz CT molecular complexity index is 521. The van der Waals surface area contributed by atoms with Crippen molar-refractivity contribution in [2.75, 3.05) is 52.4 Å². The Balaban J connectivity index is 2.85. The number of benzene rings is 1. The highest BCUT2D eigenvalue weighted by Gasteiger charge is 2.19. The van der Waals surface area contributed by atoms with E-state index in [1.54, 1.807) is 12.1 Å². The molecule has 2 atom stereocenters. The molecule has 0 radical (unpaired) electrons. The van der Waals surface area contributed by atoms with Crippen molar-refractivity contribution in [1.82, 2.24) is 10.2 Å². The number of nitro benzene ring substituents is 1. The maximum atomic E-state index is 10.9. The highest BCUT2D eigenvalue weighted by Crippen LogP contribution is 2.19. The SMILES string of the molecule is NCCNC(CN)CC(Cc1ccc([N+](=O)[O-])cc1)CN(CCN)CCN. The van der Waals surface area contributed by atoms with Crippen LogP contribution in [0.4, 0.5) is 5.69 Å². The van der Waals surface area contributed by atoms with Crippen LogP contribution in [0.1, 0.15) is 12.0 Å². The number of nitrogens with zero attached hydrogens (tertiary/aromatic N) is 2. The van der Waals surface area contributed by atoms with Gasteiger partial charge in [-0.25, -0.2) is 0 Å². The molecule has 9 heteroatoms. The first-order valence-electron chi connectivity index (χ1n) is 9.53. The third-order valence-corrected chi connectivity index (χ3v) is 4.56. The number of nitrogens with two attached hydrogens (primary N) is 4. The Kier molecular flexibility index (Phi) is 11.7. The van der Waals surface area contributed by atoms with Gasteiger partial charge in [-0.05, 0) is 24.3 Å². The molecule has 0 saturated carbocycles. The molecule has 2 unspecified atom stereocenters. The smallest absolute Gasteiger partial charge is 0.269 e. The molecule has 0 amide bonds. The van der Waals surface area contributed by atoms with Gasteiger partial charge in [0, 0.05) is 70.5 Å². The zero-order chi connectivity index (χ0) is 20.1. The van der Waals surface area contributed by atoms with Gasteiger partial charge in [-0.3, -0.25) is 10.1 Å².